The third kappa shape index (κ3) is 2.86. The van der Waals surface area contributed by atoms with E-state index in [1.165, 1.54) is 20.2 Å². The summed E-state index contributed by atoms with van der Waals surface area (Å²) in [5.41, 5.74) is 6.58. The SMILES string of the molecule is COc1cccc(-n2c3cc4sc5ccccc5c4cc3c3ncc(-c4ccccc4)cc32)c1. The Morgan fingerprint density at radius 2 is 1.53 bits per heavy atom. The van der Waals surface area contributed by atoms with Crippen LogP contribution in [0.3, 0.4) is 0 Å². The summed E-state index contributed by atoms with van der Waals surface area (Å²) in [6.45, 7) is 0. The van der Waals surface area contributed by atoms with Gasteiger partial charge in [0.2, 0.25) is 0 Å². The van der Waals surface area contributed by atoms with Crippen LogP contribution in [0.25, 0.3) is 58.9 Å². The predicted molar refractivity (Wildman–Crippen MR) is 143 cm³/mol. The first-order valence-corrected chi connectivity index (χ1v) is 12.1. The number of nitrogens with zero attached hydrogens (tertiary/aromatic N) is 2. The fraction of sp³-hybridized carbons (Fsp3) is 0.0333. The van der Waals surface area contributed by atoms with E-state index in [2.05, 4.69) is 83.4 Å². The molecule has 0 unspecified atom stereocenters. The van der Waals surface area contributed by atoms with Crippen LogP contribution in [0, 0.1) is 0 Å². The van der Waals surface area contributed by atoms with Crippen LogP contribution in [-0.2, 0) is 0 Å². The third-order valence-corrected chi connectivity index (χ3v) is 7.65. The number of fused-ring (bicyclic) bond motifs is 6. The molecular weight excluding hydrogens is 436 g/mol. The summed E-state index contributed by atoms with van der Waals surface area (Å²) >= 11 is 1.84. The van der Waals surface area contributed by atoms with Crippen LogP contribution < -0.4 is 4.74 Å². The van der Waals surface area contributed by atoms with Crippen molar-refractivity contribution in [3.63, 3.8) is 0 Å². The van der Waals surface area contributed by atoms with Crippen molar-refractivity contribution in [3.05, 3.63) is 103 Å². The molecule has 0 radical (unpaired) electrons. The van der Waals surface area contributed by atoms with Gasteiger partial charge >= 0.3 is 0 Å². The van der Waals surface area contributed by atoms with Gasteiger partial charge in [-0.05, 0) is 42.0 Å². The van der Waals surface area contributed by atoms with Crippen LogP contribution in [-0.4, -0.2) is 16.7 Å². The summed E-state index contributed by atoms with van der Waals surface area (Å²) in [7, 11) is 1.71. The van der Waals surface area contributed by atoms with E-state index < -0.39 is 0 Å². The lowest BCUT2D eigenvalue weighted by molar-refractivity contribution is 0.414. The van der Waals surface area contributed by atoms with Crippen LogP contribution >= 0.6 is 11.3 Å². The Morgan fingerprint density at radius 1 is 0.676 bits per heavy atom. The maximum Gasteiger partial charge on any atom is 0.120 e. The van der Waals surface area contributed by atoms with Crippen LogP contribution in [0.2, 0.25) is 0 Å². The summed E-state index contributed by atoms with van der Waals surface area (Å²) in [6.07, 6.45) is 1.99. The van der Waals surface area contributed by atoms with E-state index in [1.54, 1.807) is 7.11 Å². The zero-order chi connectivity index (χ0) is 22.6. The second-order valence-electron chi connectivity index (χ2n) is 8.46. The molecule has 0 amide bonds. The first kappa shape index (κ1) is 19.3. The zero-order valence-electron chi connectivity index (χ0n) is 18.5. The van der Waals surface area contributed by atoms with E-state index in [-0.39, 0.29) is 0 Å². The van der Waals surface area contributed by atoms with Gasteiger partial charge in [-0.3, -0.25) is 4.98 Å². The molecule has 0 fully saturated rings. The van der Waals surface area contributed by atoms with E-state index in [4.69, 9.17) is 9.72 Å². The van der Waals surface area contributed by atoms with Crippen LogP contribution in [0.5, 0.6) is 5.75 Å². The monoisotopic (exact) mass is 456 g/mol. The average Bonchev–Trinajstić information content (AvgIpc) is 3.42. The minimum Gasteiger partial charge on any atom is -0.497 e. The molecule has 3 nitrogen and oxygen atoms in total. The Hall–Kier alpha value is -4.15. The Bertz CT molecular complexity index is 1850. The number of aromatic nitrogens is 2. The van der Waals surface area contributed by atoms with Gasteiger partial charge in [-0.2, -0.15) is 0 Å². The van der Waals surface area contributed by atoms with Crippen molar-refractivity contribution < 1.29 is 4.74 Å². The number of rotatable bonds is 3. The summed E-state index contributed by atoms with van der Waals surface area (Å²) in [5.74, 6) is 0.836. The standard InChI is InChI=1S/C30H20N2OS/c1-33-22-11-7-10-21(15-22)32-26-17-29-24(23-12-5-6-13-28(23)34-29)16-25(26)30-27(32)14-20(18-31-30)19-8-3-2-4-9-19/h2-18H,1H3. The maximum atomic E-state index is 5.55. The molecule has 0 atom stereocenters. The van der Waals surface area contributed by atoms with Crippen LogP contribution in [0.4, 0.5) is 0 Å². The summed E-state index contributed by atoms with van der Waals surface area (Å²) in [4.78, 5) is 5.00. The van der Waals surface area contributed by atoms with E-state index in [9.17, 15) is 0 Å². The highest BCUT2D eigenvalue weighted by Crippen LogP contribution is 2.40. The van der Waals surface area contributed by atoms with Crippen molar-refractivity contribution in [1.29, 1.82) is 0 Å². The number of hydrogen-bond donors (Lipinski definition) is 0. The lowest BCUT2D eigenvalue weighted by Crippen LogP contribution is -1.95. The number of pyridine rings is 1. The molecule has 0 saturated heterocycles. The first-order valence-electron chi connectivity index (χ1n) is 11.3. The van der Waals surface area contributed by atoms with Crippen molar-refractivity contribution in [2.45, 2.75) is 0 Å². The van der Waals surface area contributed by atoms with E-state index >= 15 is 0 Å². The van der Waals surface area contributed by atoms with Crippen molar-refractivity contribution in [2.75, 3.05) is 7.11 Å². The summed E-state index contributed by atoms with van der Waals surface area (Å²) < 4.78 is 10.5. The molecule has 0 aliphatic carbocycles. The lowest BCUT2D eigenvalue weighted by atomic mass is 10.1. The zero-order valence-corrected chi connectivity index (χ0v) is 19.3. The van der Waals surface area contributed by atoms with Crippen molar-refractivity contribution in [1.82, 2.24) is 9.55 Å². The number of hydrogen-bond acceptors (Lipinski definition) is 3. The van der Waals surface area contributed by atoms with Gasteiger partial charge in [0.05, 0.1) is 23.7 Å². The fourth-order valence-electron chi connectivity index (χ4n) is 4.91. The third-order valence-electron chi connectivity index (χ3n) is 6.52. The smallest absolute Gasteiger partial charge is 0.120 e. The normalized spacial score (nSPS) is 11.7. The Morgan fingerprint density at radius 3 is 2.41 bits per heavy atom. The predicted octanol–water partition coefficient (Wildman–Crippen LogP) is 8.22. The van der Waals surface area contributed by atoms with Gasteiger partial charge in [0.15, 0.2) is 0 Å². The number of ether oxygens (including phenoxy) is 1. The topological polar surface area (TPSA) is 27.1 Å². The van der Waals surface area contributed by atoms with Gasteiger partial charge in [0.1, 0.15) is 5.75 Å². The van der Waals surface area contributed by atoms with Gasteiger partial charge in [0.25, 0.3) is 0 Å². The minimum atomic E-state index is 0.836. The van der Waals surface area contributed by atoms with Gasteiger partial charge in [-0.15, -0.1) is 11.3 Å². The van der Waals surface area contributed by atoms with E-state index in [0.717, 1.165) is 44.5 Å². The molecular formula is C30H20N2OS. The van der Waals surface area contributed by atoms with Crippen molar-refractivity contribution in [3.8, 4) is 22.6 Å². The highest BCUT2D eigenvalue weighted by atomic mass is 32.1. The Balaban J connectivity index is 1.62. The molecule has 3 aromatic heterocycles. The molecule has 7 aromatic rings. The van der Waals surface area contributed by atoms with Gasteiger partial charge in [-0.1, -0.05) is 54.6 Å². The second kappa shape index (κ2) is 7.44. The van der Waals surface area contributed by atoms with Crippen molar-refractivity contribution >= 4 is 53.4 Å². The van der Waals surface area contributed by atoms with Gasteiger partial charge in [0, 0.05) is 49.1 Å². The Labute approximate surface area is 200 Å². The van der Waals surface area contributed by atoms with Gasteiger partial charge in [-0.25, -0.2) is 0 Å². The largest absolute Gasteiger partial charge is 0.497 e. The Kier molecular flexibility index (Phi) is 4.23. The summed E-state index contributed by atoms with van der Waals surface area (Å²) in [5, 5.41) is 3.74. The molecule has 0 aliphatic heterocycles. The van der Waals surface area contributed by atoms with E-state index in [0.29, 0.717) is 0 Å². The van der Waals surface area contributed by atoms with Crippen LogP contribution in [0.15, 0.2) is 103 Å². The maximum absolute atomic E-state index is 5.55. The molecule has 4 aromatic carbocycles. The lowest BCUT2D eigenvalue weighted by Gasteiger charge is -2.10. The molecule has 3 heterocycles. The number of methoxy groups -OCH3 is 1. The average molecular weight is 457 g/mol. The molecule has 4 heteroatoms. The second-order valence-corrected chi connectivity index (χ2v) is 9.54. The number of benzene rings is 4. The van der Waals surface area contributed by atoms with Crippen molar-refractivity contribution in [2.24, 2.45) is 0 Å². The van der Waals surface area contributed by atoms with E-state index in [1.807, 2.05) is 35.7 Å². The quantitative estimate of drug-likeness (QED) is 0.268. The first-order chi connectivity index (χ1) is 16.8. The molecule has 0 aliphatic rings. The molecule has 34 heavy (non-hydrogen) atoms. The molecule has 0 bridgehead atoms. The molecule has 7 rings (SSSR count). The van der Waals surface area contributed by atoms with Gasteiger partial charge < -0.3 is 9.30 Å². The molecule has 0 spiro atoms. The summed E-state index contributed by atoms with van der Waals surface area (Å²) in [6, 6.07) is 34.2. The highest BCUT2D eigenvalue weighted by molar-refractivity contribution is 7.25. The molecule has 0 N–H and O–H groups in total. The van der Waals surface area contributed by atoms with Crippen LogP contribution in [0.1, 0.15) is 0 Å². The molecule has 162 valence electrons. The highest BCUT2D eigenvalue weighted by Gasteiger charge is 2.17. The number of thiophene rings is 1. The fourth-order valence-corrected chi connectivity index (χ4v) is 6.03. The minimum absolute atomic E-state index is 0.836. The molecule has 0 saturated carbocycles.